The number of esters is 1. The first-order valence-corrected chi connectivity index (χ1v) is 25.2. The minimum Gasteiger partial charge on any atom is -0.480 e. The lowest BCUT2D eigenvalue weighted by Gasteiger charge is -2.18. The Kier molecular flexibility index (Phi) is 41.3. The van der Waals surface area contributed by atoms with Gasteiger partial charge in [0.05, 0.1) is 13.2 Å². The van der Waals surface area contributed by atoms with Crippen molar-refractivity contribution in [1.29, 1.82) is 0 Å². The molecule has 0 saturated heterocycles. The van der Waals surface area contributed by atoms with Crippen LogP contribution in [0.1, 0.15) is 206 Å². The van der Waals surface area contributed by atoms with Crippen molar-refractivity contribution >= 4 is 25.7 Å². The number of aliphatic carboxylic acids is 1. The second-order valence-corrected chi connectivity index (χ2v) is 17.4. The van der Waals surface area contributed by atoms with Gasteiger partial charge in [-0.25, -0.2) is 9.36 Å². The summed E-state index contributed by atoms with van der Waals surface area (Å²) in [6.07, 6.45) is 48.6. The van der Waals surface area contributed by atoms with Crippen molar-refractivity contribution in [3.63, 3.8) is 0 Å². The number of allylic oxidation sites excluding steroid dienone is 8. The molecule has 0 fully saturated rings. The Morgan fingerprint density at radius 2 is 0.933 bits per heavy atom. The highest BCUT2D eigenvalue weighted by molar-refractivity contribution is 7.47. The summed E-state index contributed by atoms with van der Waals surface area (Å²) in [4.78, 5) is 46.0. The molecule has 0 bridgehead atoms. The molecule has 12 heteroatoms. The van der Waals surface area contributed by atoms with Crippen LogP contribution < -0.4 is 5.32 Å². The molecule has 0 aliphatic heterocycles. The third kappa shape index (κ3) is 42.1. The molecule has 0 heterocycles. The van der Waals surface area contributed by atoms with Crippen LogP contribution in [-0.4, -0.2) is 64.9 Å². The van der Waals surface area contributed by atoms with Crippen LogP contribution >= 0.6 is 7.82 Å². The lowest BCUT2D eigenvalue weighted by Crippen LogP contribution is -2.43. The van der Waals surface area contributed by atoms with Crippen molar-refractivity contribution in [2.75, 3.05) is 19.8 Å². The molecule has 3 unspecified atom stereocenters. The van der Waals surface area contributed by atoms with Crippen LogP contribution in [0.4, 0.5) is 0 Å². The maximum absolute atomic E-state index is 12.3. The first kappa shape index (κ1) is 57.4. The zero-order valence-corrected chi connectivity index (χ0v) is 38.6. The van der Waals surface area contributed by atoms with Gasteiger partial charge in [-0.1, -0.05) is 191 Å². The number of hydrogen-bond donors (Lipinski definition) is 4. The number of aliphatic hydroxyl groups is 1. The van der Waals surface area contributed by atoms with Gasteiger partial charge in [0.1, 0.15) is 12.7 Å². The molecule has 0 rings (SSSR count). The molecule has 60 heavy (non-hydrogen) atoms. The molecular formula is C48H86NO10P. The number of aliphatic hydroxyl groups excluding tert-OH is 1. The fourth-order valence-corrected chi connectivity index (χ4v) is 7.20. The van der Waals surface area contributed by atoms with Crippen LogP contribution in [0.5, 0.6) is 0 Å². The minimum atomic E-state index is -4.77. The number of hydrogen-bond acceptors (Lipinski definition) is 8. The Balaban J connectivity index is 3.92. The molecule has 3 atom stereocenters. The third-order valence-corrected chi connectivity index (χ3v) is 11.1. The first-order valence-electron chi connectivity index (χ1n) is 23.7. The number of carboxylic acids is 1. The second-order valence-electron chi connectivity index (χ2n) is 15.9. The predicted molar refractivity (Wildman–Crippen MR) is 245 cm³/mol. The van der Waals surface area contributed by atoms with Crippen molar-refractivity contribution in [3.05, 3.63) is 48.6 Å². The van der Waals surface area contributed by atoms with E-state index < -0.39 is 57.6 Å². The highest BCUT2D eigenvalue weighted by Crippen LogP contribution is 2.43. The molecule has 0 aromatic heterocycles. The fraction of sp³-hybridized carbons (Fsp3) is 0.771. The molecule has 0 radical (unpaired) electrons. The highest BCUT2D eigenvalue weighted by atomic mass is 31.2. The van der Waals surface area contributed by atoms with Gasteiger partial charge in [-0.2, -0.15) is 0 Å². The third-order valence-electron chi connectivity index (χ3n) is 10.1. The van der Waals surface area contributed by atoms with E-state index in [0.717, 1.165) is 44.9 Å². The largest absolute Gasteiger partial charge is 0.480 e. The number of rotatable bonds is 44. The number of ether oxygens (including phenoxy) is 1. The van der Waals surface area contributed by atoms with Gasteiger partial charge < -0.3 is 25.2 Å². The molecule has 0 aliphatic carbocycles. The number of phosphoric acid groups is 1. The summed E-state index contributed by atoms with van der Waals surface area (Å²) in [7, 11) is -4.77. The van der Waals surface area contributed by atoms with E-state index in [1.165, 1.54) is 116 Å². The predicted octanol–water partition coefficient (Wildman–Crippen LogP) is 12.6. The zero-order valence-electron chi connectivity index (χ0n) is 37.8. The van der Waals surface area contributed by atoms with E-state index in [-0.39, 0.29) is 12.8 Å². The molecule has 0 aromatic rings. The van der Waals surface area contributed by atoms with Crippen LogP contribution in [0.25, 0.3) is 0 Å². The number of carbonyl (C=O) groups excluding carboxylic acids is 2. The smallest absolute Gasteiger partial charge is 0.472 e. The summed E-state index contributed by atoms with van der Waals surface area (Å²) in [5.41, 5.74) is 0. The number of unbranched alkanes of at least 4 members (excludes halogenated alkanes) is 22. The van der Waals surface area contributed by atoms with Crippen molar-refractivity contribution < 1.29 is 47.8 Å². The summed E-state index contributed by atoms with van der Waals surface area (Å²) in [6.45, 7) is 2.55. The number of nitrogens with one attached hydrogen (secondary N) is 1. The quantitative estimate of drug-likeness (QED) is 0.0200. The van der Waals surface area contributed by atoms with E-state index in [2.05, 4.69) is 55.6 Å². The molecule has 348 valence electrons. The van der Waals surface area contributed by atoms with Crippen molar-refractivity contribution in [2.45, 2.75) is 219 Å². The van der Waals surface area contributed by atoms with Crippen molar-refractivity contribution in [1.82, 2.24) is 5.32 Å². The molecule has 4 N–H and O–H groups in total. The molecule has 0 spiro atoms. The standard InChI is InChI=1S/C48H86NO10P/c1-3-5-7-9-11-13-15-17-19-21-22-24-26-28-30-32-34-36-38-40-47(52)57-41-44(50)42-58-60(55,56)59-43-45(48(53)54)49-46(51)39-37-35-33-31-29-27-25-23-20-18-16-14-12-10-8-6-4-2/h12,14,18,20,25,27,31,33,44-45,50H,3-11,13,15-17,19,21-24,26,28-30,32,34-43H2,1-2H3,(H,49,51)(H,53,54)(H,55,56)/b14-12-,20-18-,27-25-,33-31-. The lowest BCUT2D eigenvalue weighted by molar-refractivity contribution is -0.147. The zero-order chi connectivity index (χ0) is 44.2. The topological polar surface area (TPSA) is 169 Å². The van der Waals surface area contributed by atoms with Crippen LogP contribution in [0.3, 0.4) is 0 Å². The van der Waals surface area contributed by atoms with Crippen LogP contribution in [0.15, 0.2) is 48.6 Å². The normalized spacial score (nSPS) is 14.1. The van der Waals surface area contributed by atoms with Gasteiger partial charge in [0.15, 0.2) is 6.04 Å². The summed E-state index contributed by atoms with van der Waals surface area (Å²) in [5.74, 6) is -2.45. The monoisotopic (exact) mass is 868 g/mol. The van der Waals surface area contributed by atoms with E-state index in [4.69, 9.17) is 13.8 Å². The molecule has 0 aliphatic rings. The van der Waals surface area contributed by atoms with Crippen molar-refractivity contribution in [2.24, 2.45) is 0 Å². The molecule has 11 nitrogen and oxygen atoms in total. The van der Waals surface area contributed by atoms with Gasteiger partial charge >= 0.3 is 19.8 Å². The molecule has 0 aromatic carbocycles. The van der Waals surface area contributed by atoms with Crippen LogP contribution in [-0.2, 0) is 32.7 Å². The summed E-state index contributed by atoms with van der Waals surface area (Å²) >= 11 is 0. The van der Waals surface area contributed by atoms with E-state index in [0.29, 0.717) is 19.3 Å². The molecule has 1 amide bonds. The van der Waals surface area contributed by atoms with Gasteiger partial charge in [-0.15, -0.1) is 0 Å². The molecular weight excluding hydrogens is 781 g/mol. The number of phosphoric ester groups is 1. The lowest BCUT2D eigenvalue weighted by atomic mass is 10.0. The second kappa shape index (κ2) is 43.1. The number of carboxylic acid groups (broad SMARTS) is 1. The number of carbonyl (C=O) groups is 3. The SMILES string of the molecule is CCCCC/C=C\C/C=C\C/C=C\C/C=C\CCCC(=O)NC(COP(=O)(O)OCC(O)COC(=O)CCCCCCCCCCCCCCCCCCCCC)C(=O)O. The van der Waals surface area contributed by atoms with E-state index >= 15 is 0 Å². The highest BCUT2D eigenvalue weighted by Gasteiger charge is 2.28. The maximum Gasteiger partial charge on any atom is 0.472 e. The Morgan fingerprint density at radius 3 is 1.40 bits per heavy atom. The summed E-state index contributed by atoms with van der Waals surface area (Å²) in [6, 6.07) is -1.58. The summed E-state index contributed by atoms with van der Waals surface area (Å²) in [5, 5.41) is 21.8. The Bertz CT molecular complexity index is 1200. The molecule has 0 saturated carbocycles. The van der Waals surface area contributed by atoms with Gasteiger partial charge in [-0.05, 0) is 51.4 Å². The Labute approximate surface area is 364 Å². The van der Waals surface area contributed by atoms with Crippen LogP contribution in [0, 0.1) is 0 Å². The number of amides is 1. The Morgan fingerprint density at radius 1 is 0.533 bits per heavy atom. The Hall–Kier alpha value is -2.56. The van der Waals surface area contributed by atoms with Crippen molar-refractivity contribution in [3.8, 4) is 0 Å². The summed E-state index contributed by atoms with van der Waals surface area (Å²) < 4.78 is 26.9. The fourth-order valence-electron chi connectivity index (χ4n) is 6.43. The average Bonchev–Trinajstić information content (AvgIpc) is 3.22. The maximum atomic E-state index is 12.3. The first-order chi connectivity index (χ1) is 29.1. The van der Waals surface area contributed by atoms with E-state index in [9.17, 15) is 34.1 Å². The van der Waals surface area contributed by atoms with Gasteiger partial charge in [0.2, 0.25) is 5.91 Å². The van der Waals surface area contributed by atoms with E-state index in [1.54, 1.807) is 0 Å². The average molecular weight is 868 g/mol. The van der Waals surface area contributed by atoms with Crippen LogP contribution in [0.2, 0.25) is 0 Å². The minimum absolute atomic E-state index is 0.0690. The van der Waals surface area contributed by atoms with E-state index in [1.807, 2.05) is 12.2 Å². The van der Waals surface area contributed by atoms with Gasteiger partial charge in [-0.3, -0.25) is 18.6 Å². The van der Waals surface area contributed by atoms with Gasteiger partial charge in [0, 0.05) is 12.8 Å². The van der Waals surface area contributed by atoms with Gasteiger partial charge in [0.25, 0.3) is 0 Å².